The maximum absolute atomic E-state index is 5.73. The lowest BCUT2D eigenvalue weighted by molar-refractivity contribution is 0.311. The van der Waals surface area contributed by atoms with Crippen molar-refractivity contribution in [3.8, 4) is 5.75 Å². The Morgan fingerprint density at radius 1 is 1.33 bits per heavy atom. The Hall–Kier alpha value is -1.02. The average molecular weight is 205 g/mol. The highest BCUT2D eigenvalue weighted by Crippen LogP contribution is 2.21. The van der Waals surface area contributed by atoms with Gasteiger partial charge >= 0.3 is 0 Å². The number of ether oxygens (including phenoxy) is 1. The van der Waals surface area contributed by atoms with E-state index in [2.05, 4.69) is 25.2 Å². The van der Waals surface area contributed by atoms with Gasteiger partial charge < -0.3 is 10.1 Å². The molecule has 2 rings (SSSR count). The van der Waals surface area contributed by atoms with E-state index < -0.39 is 0 Å². The Labute approximate surface area is 91.6 Å². The second-order valence-corrected chi connectivity index (χ2v) is 4.27. The molecule has 1 aromatic carbocycles. The Morgan fingerprint density at radius 3 is 2.87 bits per heavy atom. The molecule has 1 aliphatic carbocycles. The third-order valence-corrected chi connectivity index (χ3v) is 2.92. The SMILES string of the molecule is Cc1cccc(OCCNC2CC2)c1C. The van der Waals surface area contributed by atoms with E-state index in [4.69, 9.17) is 4.74 Å². The van der Waals surface area contributed by atoms with E-state index in [1.54, 1.807) is 0 Å². The average Bonchev–Trinajstić information content (AvgIpc) is 3.02. The molecule has 0 aromatic heterocycles. The van der Waals surface area contributed by atoms with Crippen LogP contribution in [-0.2, 0) is 0 Å². The summed E-state index contributed by atoms with van der Waals surface area (Å²) < 4.78 is 5.73. The number of hydrogen-bond donors (Lipinski definition) is 1. The first kappa shape index (κ1) is 10.5. The number of nitrogens with one attached hydrogen (secondary N) is 1. The van der Waals surface area contributed by atoms with Gasteiger partial charge in [-0.2, -0.15) is 0 Å². The van der Waals surface area contributed by atoms with Crippen LogP contribution in [0.4, 0.5) is 0 Å². The highest BCUT2D eigenvalue weighted by molar-refractivity contribution is 5.38. The molecule has 2 heteroatoms. The number of rotatable bonds is 5. The molecule has 0 amide bonds. The van der Waals surface area contributed by atoms with Gasteiger partial charge in [0.2, 0.25) is 0 Å². The molecule has 1 N–H and O–H groups in total. The van der Waals surface area contributed by atoms with Crippen LogP contribution in [-0.4, -0.2) is 19.2 Å². The fourth-order valence-electron chi connectivity index (χ4n) is 1.59. The van der Waals surface area contributed by atoms with E-state index in [9.17, 15) is 0 Å². The van der Waals surface area contributed by atoms with Crippen LogP contribution in [0.1, 0.15) is 24.0 Å². The topological polar surface area (TPSA) is 21.3 Å². The van der Waals surface area contributed by atoms with Crippen molar-refractivity contribution < 1.29 is 4.74 Å². The maximum Gasteiger partial charge on any atom is 0.122 e. The second kappa shape index (κ2) is 4.67. The minimum Gasteiger partial charge on any atom is -0.492 e. The molecule has 0 unspecified atom stereocenters. The monoisotopic (exact) mass is 205 g/mol. The van der Waals surface area contributed by atoms with Crippen molar-refractivity contribution >= 4 is 0 Å². The van der Waals surface area contributed by atoms with Crippen LogP contribution in [0.2, 0.25) is 0 Å². The molecule has 2 nitrogen and oxygen atoms in total. The molecule has 15 heavy (non-hydrogen) atoms. The molecule has 1 fully saturated rings. The second-order valence-electron chi connectivity index (χ2n) is 4.27. The fraction of sp³-hybridized carbons (Fsp3) is 0.538. The van der Waals surface area contributed by atoms with Crippen molar-refractivity contribution in [2.24, 2.45) is 0 Å². The summed E-state index contributed by atoms with van der Waals surface area (Å²) in [6.45, 7) is 5.95. The highest BCUT2D eigenvalue weighted by Gasteiger charge is 2.19. The smallest absolute Gasteiger partial charge is 0.122 e. The largest absolute Gasteiger partial charge is 0.492 e. The third-order valence-electron chi connectivity index (χ3n) is 2.92. The van der Waals surface area contributed by atoms with Crippen molar-refractivity contribution in [2.45, 2.75) is 32.7 Å². The van der Waals surface area contributed by atoms with Gasteiger partial charge in [-0.25, -0.2) is 0 Å². The van der Waals surface area contributed by atoms with Gasteiger partial charge in [0.05, 0.1) is 0 Å². The van der Waals surface area contributed by atoms with E-state index in [0.717, 1.165) is 24.9 Å². The first-order valence-electron chi connectivity index (χ1n) is 5.70. The van der Waals surface area contributed by atoms with Crippen LogP contribution in [0.5, 0.6) is 5.75 Å². The summed E-state index contributed by atoms with van der Waals surface area (Å²) in [5.74, 6) is 1.02. The predicted molar refractivity (Wildman–Crippen MR) is 62.4 cm³/mol. The summed E-state index contributed by atoms with van der Waals surface area (Å²) >= 11 is 0. The number of aryl methyl sites for hydroxylation is 1. The first-order valence-corrected chi connectivity index (χ1v) is 5.70. The molecule has 0 saturated heterocycles. The molecule has 82 valence electrons. The van der Waals surface area contributed by atoms with E-state index in [1.807, 2.05) is 12.1 Å². The van der Waals surface area contributed by atoms with Gasteiger partial charge in [0.1, 0.15) is 12.4 Å². The number of hydrogen-bond acceptors (Lipinski definition) is 2. The van der Waals surface area contributed by atoms with Gasteiger partial charge in [-0.1, -0.05) is 12.1 Å². The molecular formula is C13H19NO. The lowest BCUT2D eigenvalue weighted by Crippen LogP contribution is -2.23. The van der Waals surface area contributed by atoms with Crippen molar-refractivity contribution in [2.75, 3.05) is 13.2 Å². The molecule has 0 radical (unpaired) electrons. The molecule has 1 aromatic rings. The lowest BCUT2D eigenvalue weighted by Gasteiger charge is -2.10. The minimum absolute atomic E-state index is 0.765. The quantitative estimate of drug-likeness (QED) is 0.745. The summed E-state index contributed by atoms with van der Waals surface area (Å²) in [6.07, 6.45) is 2.67. The zero-order chi connectivity index (χ0) is 10.7. The predicted octanol–water partition coefficient (Wildman–Crippen LogP) is 2.43. The molecule has 0 aliphatic heterocycles. The van der Waals surface area contributed by atoms with Crippen molar-refractivity contribution in [3.63, 3.8) is 0 Å². The van der Waals surface area contributed by atoms with Crippen LogP contribution in [0, 0.1) is 13.8 Å². The Kier molecular flexibility index (Phi) is 3.27. The van der Waals surface area contributed by atoms with Crippen molar-refractivity contribution in [1.82, 2.24) is 5.32 Å². The summed E-state index contributed by atoms with van der Waals surface area (Å²) in [5, 5.41) is 3.44. The Balaban J connectivity index is 1.78. The van der Waals surface area contributed by atoms with Crippen LogP contribution in [0.25, 0.3) is 0 Å². The van der Waals surface area contributed by atoms with Gasteiger partial charge in [-0.15, -0.1) is 0 Å². The molecule has 1 aliphatic rings. The normalized spacial score (nSPS) is 15.3. The van der Waals surface area contributed by atoms with Crippen molar-refractivity contribution in [3.05, 3.63) is 29.3 Å². The summed E-state index contributed by atoms with van der Waals surface area (Å²) in [7, 11) is 0. The van der Waals surface area contributed by atoms with Crippen molar-refractivity contribution in [1.29, 1.82) is 0 Å². The van der Waals surface area contributed by atoms with Crippen LogP contribution in [0.3, 0.4) is 0 Å². The molecule has 0 heterocycles. The standard InChI is InChI=1S/C13H19NO/c1-10-4-3-5-13(11(10)2)15-9-8-14-12-6-7-12/h3-5,12,14H,6-9H2,1-2H3. The van der Waals surface area contributed by atoms with Crippen LogP contribution >= 0.6 is 0 Å². The molecule has 0 atom stereocenters. The maximum atomic E-state index is 5.73. The van der Waals surface area contributed by atoms with Gasteiger partial charge in [-0.05, 0) is 43.9 Å². The minimum atomic E-state index is 0.765. The Bertz CT molecular complexity index is 331. The first-order chi connectivity index (χ1) is 7.27. The van der Waals surface area contributed by atoms with E-state index in [0.29, 0.717) is 0 Å². The third kappa shape index (κ3) is 2.96. The zero-order valence-electron chi connectivity index (χ0n) is 9.55. The van der Waals surface area contributed by atoms with Crippen LogP contribution < -0.4 is 10.1 Å². The van der Waals surface area contributed by atoms with Crippen LogP contribution in [0.15, 0.2) is 18.2 Å². The van der Waals surface area contributed by atoms with E-state index in [1.165, 1.54) is 24.0 Å². The molecule has 1 saturated carbocycles. The van der Waals surface area contributed by atoms with Gasteiger partial charge in [-0.3, -0.25) is 0 Å². The van der Waals surface area contributed by atoms with E-state index >= 15 is 0 Å². The fourth-order valence-corrected chi connectivity index (χ4v) is 1.59. The summed E-state index contributed by atoms with van der Waals surface area (Å²) in [6, 6.07) is 6.98. The number of benzene rings is 1. The van der Waals surface area contributed by atoms with Gasteiger partial charge in [0.25, 0.3) is 0 Å². The summed E-state index contributed by atoms with van der Waals surface area (Å²) in [4.78, 5) is 0. The molecule has 0 spiro atoms. The molecule has 0 bridgehead atoms. The molecular weight excluding hydrogens is 186 g/mol. The van der Waals surface area contributed by atoms with E-state index in [-0.39, 0.29) is 0 Å². The highest BCUT2D eigenvalue weighted by atomic mass is 16.5. The Morgan fingerprint density at radius 2 is 2.13 bits per heavy atom. The summed E-state index contributed by atoms with van der Waals surface area (Å²) in [5.41, 5.74) is 2.55. The van der Waals surface area contributed by atoms with Gasteiger partial charge in [0, 0.05) is 12.6 Å². The lowest BCUT2D eigenvalue weighted by atomic mass is 10.1. The van der Waals surface area contributed by atoms with Gasteiger partial charge in [0.15, 0.2) is 0 Å². The zero-order valence-corrected chi connectivity index (χ0v) is 9.55.